The highest BCUT2D eigenvalue weighted by molar-refractivity contribution is 5.46. The standard InChI is InChI=1S/C13H15NO2/c14-11-4-2-1-3-10(11)9-5-6-12-13(7-9)16-8-15-12/h1-2,5-7,10-11H,3-4,8,14H2. The predicted molar refractivity (Wildman–Crippen MR) is 61.7 cm³/mol. The van der Waals surface area contributed by atoms with Crippen LogP contribution in [0.1, 0.15) is 24.3 Å². The maximum atomic E-state index is 6.13. The van der Waals surface area contributed by atoms with Gasteiger partial charge in [0.05, 0.1) is 0 Å². The monoisotopic (exact) mass is 217 g/mol. The average molecular weight is 217 g/mol. The highest BCUT2D eigenvalue weighted by atomic mass is 16.7. The molecule has 3 heteroatoms. The predicted octanol–water partition coefficient (Wildman–Crippen LogP) is 2.18. The fourth-order valence-electron chi connectivity index (χ4n) is 2.36. The number of nitrogens with two attached hydrogens (primary N) is 1. The maximum absolute atomic E-state index is 6.13. The molecule has 2 atom stereocenters. The van der Waals surface area contributed by atoms with Gasteiger partial charge >= 0.3 is 0 Å². The van der Waals surface area contributed by atoms with Gasteiger partial charge in [-0.2, -0.15) is 0 Å². The molecule has 0 bridgehead atoms. The second-order valence-electron chi connectivity index (χ2n) is 4.33. The van der Waals surface area contributed by atoms with E-state index in [4.69, 9.17) is 15.2 Å². The van der Waals surface area contributed by atoms with Crippen molar-refractivity contribution in [1.29, 1.82) is 0 Å². The summed E-state index contributed by atoms with van der Waals surface area (Å²) in [6.07, 6.45) is 6.34. The summed E-state index contributed by atoms with van der Waals surface area (Å²) >= 11 is 0. The number of ether oxygens (including phenoxy) is 2. The Bertz CT molecular complexity index is 428. The molecule has 2 unspecified atom stereocenters. The highest BCUT2D eigenvalue weighted by Crippen LogP contribution is 2.37. The third-order valence-corrected chi connectivity index (χ3v) is 3.31. The number of allylic oxidation sites excluding steroid dienone is 1. The van der Waals surface area contributed by atoms with Crippen molar-refractivity contribution in [3.8, 4) is 11.5 Å². The Morgan fingerprint density at radius 3 is 2.75 bits per heavy atom. The van der Waals surface area contributed by atoms with Crippen LogP contribution >= 0.6 is 0 Å². The van der Waals surface area contributed by atoms with Crippen molar-refractivity contribution in [2.45, 2.75) is 24.8 Å². The van der Waals surface area contributed by atoms with Crippen LogP contribution in [0.3, 0.4) is 0 Å². The minimum atomic E-state index is 0.213. The zero-order valence-corrected chi connectivity index (χ0v) is 9.06. The SMILES string of the molecule is NC1CC=CCC1c1ccc2c(c1)OCO2. The van der Waals surface area contributed by atoms with E-state index in [2.05, 4.69) is 24.3 Å². The molecule has 0 radical (unpaired) electrons. The second-order valence-corrected chi connectivity index (χ2v) is 4.33. The van der Waals surface area contributed by atoms with Crippen LogP contribution in [0.15, 0.2) is 30.4 Å². The van der Waals surface area contributed by atoms with Crippen LogP contribution in [-0.2, 0) is 0 Å². The van der Waals surface area contributed by atoms with Crippen molar-refractivity contribution in [1.82, 2.24) is 0 Å². The number of fused-ring (bicyclic) bond motifs is 1. The van der Waals surface area contributed by atoms with Crippen LogP contribution in [0, 0.1) is 0 Å². The van der Waals surface area contributed by atoms with E-state index in [0.717, 1.165) is 24.3 Å². The summed E-state index contributed by atoms with van der Waals surface area (Å²) in [6.45, 7) is 0.329. The fourth-order valence-corrected chi connectivity index (χ4v) is 2.36. The quantitative estimate of drug-likeness (QED) is 0.733. The molecule has 0 saturated heterocycles. The van der Waals surface area contributed by atoms with Crippen molar-refractivity contribution in [2.75, 3.05) is 6.79 Å². The fraction of sp³-hybridized carbons (Fsp3) is 0.385. The molecule has 0 aromatic heterocycles. The van der Waals surface area contributed by atoms with Gasteiger partial charge in [-0.3, -0.25) is 0 Å². The maximum Gasteiger partial charge on any atom is 0.231 e. The first-order valence-corrected chi connectivity index (χ1v) is 5.65. The van der Waals surface area contributed by atoms with Crippen LogP contribution in [0.4, 0.5) is 0 Å². The normalized spacial score (nSPS) is 27.1. The summed E-state index contributed by atoms with van der Waals surface area (Å²) in [5.41, 5.74) is 7.38. The molecule has 1 aliphatic carbocycles. The van der Waals surface area contributed by atoms with Crippen LogP contribution in [-0.4, -0.2) is 12.8 Å². The third-order valence-electron chi connectivity index (χ3n) is 3.31. The first-order chi connectivity index (χ1) is 7.84. The molecule has 1 aromatic rings. The first-order valence-electron chi connectivity index (χ1n) is 5.65. The molecule has 3 rings (SSSR count). The molecule has 1 aromatic carbocycles. The van der Waals surface area contributed by atoms with E-state index in [1.165, 1.54) is 5.56 Å². The molecule has 2 N–H and O–H groups in total. The van der Waals surface area contributed by atoms with Gasteiger partial charge in [0.2, 0.25) is 6.79 Å². The van der Waals surface area contributed by atoms with Gasteiger partial charge in [0.15, 0.2) is 11.5 Å². The molecule has 1 heterocycles. The highest BCUT2D eigenvalue weighted by Gasteiger charge is 2.23. The lowest BCUT2D eigenvalue weighted by Gasteiger charge is -2.25. The van der Waals surface area contributed by atoms with E-state index in [1.54, 1.807) is 0 Å². The third kappa shape index (κ3) is 1.57. The van der Waals surface area contributed by atoms with Gasteiger partial charge in [-0.25, -0.2) is 0 Å². The summed E-state index contributed by atoms with van der Waals surface area (Å²) in [7, 11) is 0. The Kier molecular flexibility index (Phi) is 2.33. The van der Waals surface area contributed by atoms with Gasteiger partial charge in [-0.05, 0) is 30.5 Å². The Labute approximate surface area is 94.9 Å². The van der Waals surface area contributed by atoms with Gasteiger partial charge in [0.25, 0.3) is 0 Å². The molecule has 1 aliphatic heterocycles. The lowest BCUT2D eigenvalue weighted by atomic mass is 9.84. The second kappa shape index (κ2) is 3.83. The van der Waals surface area contributed by atoms with Gasteiger partial charge in [-0.1, -0.05) is 18.2 Å². The van der Waals surface area contributed by atoms with Gasteiger partial charge in [-0.15, -0.1) is 0 Å². The molecule has 3 nitrogen and oxygen atoms in total. The average Bonchev–Trinajstić information content (AvgIpc) is 2.76. The lowest BCUT2D eigenvalue weighted by Crippen LogP contribution is -2.29. The summed E-state index contributed by atoms with van der Waals surface area (Å²) in [6, 6.07) is 6.34. The van der Waals surface area contributed by atoms with Crippen molar-refractivity contribution in [2.24, 2.45) is 5.73 Å². The Balaban J connectivity index is 1.91. The number of hydrogen-bond donors (Lipinski definition) is 1. The van der Waals surface area contributed by atoms with Gasteiger partial charge in [0, 0.05) is 12.0 Å². The van der Waals surface area contributed by atoms with E-state index in [0.29, 0.717) is 12.7 Å². The molecule has 2 aliphatic rings. The summed E-state index contributed by atoms with van der Waals surface area (Å²) in [5.74, 6) is 2.09. The molecular weight excluding hydrogens is 202 g/mol. The van der Waals surface area contributed by atoms with E-state index in [9.17, 15) is 0 Å². The van der Waals surface area contributed by atoms with Gasteiger partial charge in [0.1, 0.15) is 0 Å². The minimum absolute atomic E-state index is 0.213. The number of rotatable bonds is 1. The molecule has 0 amide bonds. The van der Waals surface area contributed by atoms with E-state index < -0.39 is 0 Å². The summed E-state index contributed by atoms with van der Waals surface area (Å²) in [5, 5.41) is 0. The topological polar surface area (TPSA) is 44.5 Å². The van der Waals surface area contributed by atoms with Crippen molar-refractivity contribution < 1.29 is 9.47 Å². The molecule has 0 spiro atoms. The van der Waals surface area contributed by atoms with E-state index in [-0.39, 0.29) is 6.04 Å². The minimum Gasteiger partial charge on any atom is -0.454 e. The zero-order valence-electron chi connectivity index (χ0n) is 9.06. The van der Waals surface area contributed by atoms with Crippen molar-refractivity contribution in [3.63, 3.8) is 0 Å². The molecular formula is C13H15NO2. The largest absolute Gasteiger partial charge is 0.454 e. The van der Waals surface area contributed by atoms with E-state index in [1.807, 2.05) is 6.07 Å². The van der Waals surface area contributed by atoms with Crippen molar-refractivity contribution >= 4 is 0 Å². The smallest absolute Gasteiger partial charge is 0.231 e. The van der Waals surface area contributed by atoms with Crippen LogP contribution < -0.4 is 15.2 Å². The summed E-state index contributed by atoms with van der Waals surface area (Å²) in [4.78, 5) is 0. The van der Waals surface area contributed by atoms with Crippen LogP contribution in [0.25, 0.3) is 0 Å². The lowest BCUT2D eigenvalue weighted by molar-refractivity contribution is 0.174. The Hall–Kier alpha value is -1.48. The molecule has 0 saturated carbocycles. The van der Waals surface area contributed by atoms with E-state index >= 15 is 0 Å². The number of hydrogen-bond acceptors (Lipinski definition) is 3. The molecule has 16 heavy (non-hydrogen) atoms. The Morgan fingerprint density at radius 2 is 1.88 bits per heavy atom. The van der Waals surface area contributed by atoms with Gasteiger partial charge < -0.3 is 15.2 Å². The van der Waals surface area contributed by atoms with Crippen molar-refractivity contribution in [3.05, 3.63) is 35.9 Å². The Morgan fingerprint density at radius 1 is 1.06 bits per heavy atom. The molecule has 84 valence electrons. The number of benzene rings is 1. The summed E-state index contributed by atoms with van der Waals surface area (Å²) < 4.78 is 10.7. The molecule has 0 fully saturated rings. The first kappa shape index (κ1) is 9.73. The van der Waals surface area contributed by atoms with Crippen LogP contribution in [0.5, 0.6) is 11.5 Å². The van der Waals surface area contributed by atoms with Crippen LogP contribution in [0.2, 0.25) is 0 Å². The zero-order chi connectivity index (χ0) is 11.0.